The Bertz CT molecular complexity index is 1160. The number of ether oxygens (including phenoxy) is 1. The Morgan fingerprint density at radius 1 is 1.16 bits per heavy atom. The van der Waals surface area contributed by atoms with Crippen molar-refractivity contribution in [1.82, 2.24) is 5.01 Å². The van der Waals surface area contributed by atoms with Crippen LogP contribution in [0.15, 0.2) is 64.2 Å². The Hall–Kier alpha value is -3.11. The second kappa shape index (κ2) is 8.20. The Morgan fingerprint density at radius 3 is 2.55 bits per heavy atom. The Morgan fingerprint density at radius 2 is 1.87 bits per heavy atom. The van der Waals surface area contributed by atoms with E-state index in [-0.39, 0.29) is 29.1 Å². The molecule has 11 heteroatoms. The highest BCUT2D eigenvalue weighted by Gasteiger charge is 2.46. The van der Waals surface area contributed by atoms with E-state index in [4.69, 9.17) is 21.7 Å². The molecule has 2 aromatic carbocycles. The first-order valence-electron chi connectivity index (χ1n) is 8.76. The molecule has 0 unspecified atom stereocenters. The number of nitrogens with one attached hydrogen (secondary N) is 1. The number of carbonyl (C=O) groups excluding carboxylic acids is 1. The van der Waals surface area contributed by atoms with Crippen molar-refractivity contribution in [2.45, 2.75) is 12.8 Å². The van der Waals surface area contributed by atoms with E-state index in [1.165, 1.54) is 6.08 Å². The molecule has 0 bridgehead atoms. The fraction of sp³-hybridized carbons (Fsp3) is 0.100. The molecule has 2 aliphatic heterocycles. The summed E-state index contributed by atoms with van der Waals surface area (Å²) in [7, 11) is 0. The fourth-order valence-corrected chi connectivity index (χ4v) is 3.66. The predicted molar refractivity (Wildman–Crippen MR) is 113 cm³/mol. The summed E-state index contributed by atoms with van der Waals surface area (Å²) in [5.74, 6) is -0.718. The molecule has 0 spiro atoms. The van der Waals surface area contributed by atoms with Gasteiger partial charge in [-0.25, -0.2) is 0 Å². The third-order valence-electron chi connectivity index (χ3n) is 4.24. The molecule has 2 aromatic rings. The topological polar surface area (TPSA) is 78.1 Å². The van der Waals surface area contributed by atoms with Crippen molar-refractivity contribution in [2.75, 3.05) is 0 Å². The molecule has 0 fully saturated rings. The SMILES string of the molecule is N=C1/C(=C/c2ccc(OCc3ccccc3Cl)cc2)C(=O)N=C2SC(C(F)(F)F)=NN12. The number of alkyl halides is 3. The number of nitrogens with zero attached hydrogens (tertiary/aromatic N) is 3. The molecule has 0 atom stereocenters. The molecular weight excluding hydrogens is 453 g/mol. The van der Waals surface area contributed by atoms with Crippen LogP contribution in [0.4, 0.5) is 13.2 Å². The van der Waals surface area contributed by atoms with E-state index in [0.717, 1.165) is 5.56 Å². The van der Waals surface area contributed by atoms with Crippen LogP contribution < -0.4 is 4.74 Å². The van der Waals surface area contributed by atoms with E-state index in [0.29, 0.717) is 21.3 Å². The molecule has 2 aliphatic rings. The number of hydrogen-bond acceptors (Lipinski definition) is 5. The highest BCUT2D eigenvalue weighted by Crippen LogP contribution is 2.35. The molecule has 6 nitrogen and oxygen atoms in total. The van der Waals surface area contributed by atoms with Crippen LogP contribution in [-0.2, 0) is 11.4 Å². The first-order chi connectivity index (χ1) is 14.7. The standard InChI is InChI=1S/C20H12ClF3N4O2S/c21-15-4-2-1-3-12(15)10-30-13-7-5-11(6-8-13)9-14-16(25)28-19(26-17(14)29)31-18(27-28)20(22,23)24/h1-9,25H,10H2/b14-9-,25-16?. The molecule has 0 saturated carbocycles. The van der Waals surface area contributed by atoms with Gasteiger partial charge in [-0.05, 0) is 41.6 Å². The molecule has 158 valence electrons. The third-order valence-corrected chi connectivity index (χ3v) is 5.56. The van der Waals surface area contributed by atoms with Gasteiger partial charge in [0.1, 0.15) is 12.4 Å². The molecular formula is C20H12ClF3N4O2S. The van der Waals surface area contributed by atoms with Crippen molar-refractivity contribution in [3.8, 4) is 5.75 Å². The van der Waals surface area contributed by atoms with Crippen LogP contribution in [0.3, 0.4) is 0 Å². The summed E-state index contributed by atoms with van der Waals surface area (Å²) in [5.41, 5.74) is 1.21. The molecule has 2 heterocycles. The Labute approximate surface area is 183 Å². The van der Waals surface area contributed by atoms with Crippen molar-refractivity contribution >= 4 is 51.4 Å². The van der Waals surface area contributed by atoms with Crippen LogP contribution in [0.2, 0.25) is 5.02 Å². The first-order valence-corrected chi connectivity index (χ1v) is 9.95. The van der Waals surface area contributed by atoms with Crippen molar-refractivity contribution in [1.29, 1.82) is 5.41 Å². The number of carbonyl (C=O) groups is 1. The molecule has 1 N–H and O–H groups in total. The van der Waals surface area contributed by atoms with E-state index in [1.807, 2.05) is 18.2 Å². The van der Waals surface area contributed by atoms with Gasteiger partial charge in [0.15, 0.2) is 5.84 Å². The number of fused-ring (bicyclic) bond motifs is 1. The van der Waals surface area contributed by atoms with Crippen LogP contribution in [-0.4, -0.2) is 33.1 Å². The van der Waals surface area contributed by atoms with Gasteiger partial charge < -0.3 is 4.74 Å². The number of aliphatic imine (C=N–C) groups is 1. The summed E-state index contributed by atoms with van der Waals surface area (Å²) < 4.78 is 44.3. The summed E-state index contributed by atoms with van der Waals surface area (Å²) in [6.07, 6.45) is -3.31. The molecule has 1 amide bonds. The highest BCUT2D eigenvalue weighted by atomic mass is 35.5. The van der Waals surface area contributed by atoms with Crippen LogP contribution >= 0.6 is 23.4 Å². The minimum Gasteiger partial charge on any atom is -0.489 e. The van der Waals surface area contributed by atoms with Crippen LogP contribution in [0, 0.1) is 5.41 Å². The number of amidine groups is 2. The molecule has 0 aromatic heterocycles. The lowest BCUT2D eigenvalue weighted by Crippen LogP contribution is -2.35. The van der Waals surface area contributed by atoms with Gasteiger partial charge in [0.2, 0.25) is 10.2 Å². The molecule has 0 aliphatic carbocycles. The van der Waals surface area contributed by atoms with Gasteiger partial charge in [0.25, 0.3) is 5.91 Å². The molecule has 0 radical (unpaired) electrons. The lowest BCUT2D eigenvalue weighted by molar-refractivity contribution is -0.114. The number of benzene rings is 2. The molecule has 0 saturated heterocycles. The first kappa shape index (κ1) is 21.1. The summed E-state index contributed by atoms with van der Waals surface area (Å²) in [6.45, 7) is 0.271. The normalized spacial score (nSPS) is 17.5. The monoisotopic (exact) mass is 464 g/mol. The average molecular weight is 465 g/mol. The van der Waals surface area contributed by atoms with E-state index < -0.39 is 23.0 Å². The zero-order valence-electron chi connectivity index (χ0n) is 15.5. The van der Waals surface area contributed by atoms with Crippen LogP contribution in [0.25, 0.3) is 6.08 Å². The van der Waals surface area contributed by atoms with Gasteiger partial charge in [-0.3, -0.25) is 10.2 Å². The van der Waals surface area contributed by atoms with E-state index in [9.17, 15) is 18.0 Å². The zero-order chi connectivity index (χ0) is 22.2. The zero-order valence-corrected chi connectivity index (χ0v) is 17.1. The number of hydrogen-bond donors (Lipinski definition) is 1. The number of rotatable bonds is 4. The minimum atomic E-state index is -4.68. The summed E-state index contributed by atoms with van der Waals surface area (Å²) in [5, 5.41) is 11.3. The van der Waals surface area contributed by atoms with Gasteiger partial charge in [0, 0.05) is 10.6 Å². The number of halogens is 4. The third kappa shape index (κ3) is 4.49. The van der Waals surface area contributed by atoms with E-state index >= 15 is 0 Å². The smallest absolute Gasteiger partial charge is 0.441 e. The Balaban J connectivity index is 1.50. The van der Waals surface area contributed by atoms with Crippen molar-refractivity contribution in [3.63, 3.8) is 0 Å². The van der Waals surface area contributed by atoms with Gasteiger partial charge >= 0.3 is 6.18 Å². The van der Waals surface area contributed by atoms with Gasteiger partial charge in [-0.2, -0.15) is 28.3 Å². The van der Waals surface area contributed by atoms with Crippen LogP contribution in [0.1, 0.15) is 11.1 Å². The number of hydrazone groups is 1. The fourth-order valence-electron chi connectivity index (χ4n) is 2.71. The average Bonchev–Trinajstić information content (AvgIpc) is 3.16. The summed E-state index contributed by atoms with van der Waals surface area (Å²) >= 11 is 6.31. The van der Waals surface area contributed by atoms with Gasteiger partial charge in [0.05, 0.1) is 5.57 Å². The van der Waals surface area contributed by atoms with Crippen molar-refractivity contribution in [2.24, 2.45) is 10.1 Å². The van der Waals surface area contributed by atoms with E-state index in [2.05, 4.69) is 10.1 Å². The summed E-state index contributed by atoms with van der Waals surface area (Å²) in [4.78, 5) is 15.9. The maximum atomic E-state index is 12.9. The predicted octanol–water partition coefficient (Wildman–Crippen LogP) is 5.10. The molecule has 4 rings (SSSR count). The Kier molecular flexibility index (Phi) is 5.59. The second-order valence-corrected chi connectivity index (χ2v) is 7.74. The van der Waals surface area contributed by atoms with Crippen LogP contribution in [0.5, 0.6) is 5.75 Å². The number of amides is 1. The largest absolute Gasteiger partial charge is 0.489 e. The van der Waals surface area contributed by atoms with Gasteiger partial charge in [-0.15, -0.1) is 0 Å². The minimum absolute atomic E-state index is 0.165. The van der Waals surface area contributed by atoms with Crippen molar-refractivity contribution < 1.29 is 22.7 Å². The lowest BCUT2D eigenvalue weighted by Gasteiger charge is -2.20. The highest BCUT2D eigenvalue weighted by molar-refractivity contribution is 8.27. The lowest BCUT2D eigenvalue weighted by atomic mass is 10.1. The quantitative estimate of drug-likeness (QED) is 0.638. The number of thioether (sulfide) groups is 1. The maximum Gasteiger partial charge on any atom is 0.441 e. The van der Waals surface area contributed by atoms with Crippen molar-refractivity contribution in [3.05, 3.63) is 70.3 Å². The molecule has 31 heavy (non-hydrogen) atoms. The summed E-state index contributed by atoms with van der Waals surface area (Å²) in [6, 6.07) is 13.9. The maximum absolute atomic E-state index is 12.9. The second-order valence-electron chi connectivity index (χ2n) is 6.37. The van der Waals surface area contributed by atoms with E-state index in [1.54, 1.807) is 30.3 Å². The van der Waals surface area contributed by atoms with Gasteiger partial charge in [-0.1, -0.05) is 41.9 Å².